The average molecular weight is 280 g/mol. The summed E-state index contributed by atoms with van der Waals surface area (Å²) in [6, 6.07) is 8.21. The maximum absolute atomic E-state index is 12.1. The quantitative estimate of drug-likeness (QED) is 0.873. The van der Waals surface area contributed by atoms with Crippen LogP contribution >= 0.6 is 0 Å². The molecule has 0 aliphatic heterocycles. The predicted octanol–water partition coefficient (Wildman–Crippen LogP) is 1.65. The number of nitrogens with zero attached hydrogens (tertiary/aromatic N) is 2. The Balaban J connectivity index is 2.22. The zero-order chi connectivity index (χ0) is 13.9. The molecular formula is C12H16N4O2S. The molecule has 1 aromatic heterocycles. The standard InChI is InChI=1S/C12H16N4O2S/c1-3-13-10-4-6-11(7-5-10)19(17,18)15-12-8-9-14-16(12)2/h4-9,13,15H,3H2,1-2H3. The average Bonchev–Trinajstić information content (AvgIpc) is 2.75. The van der Waals surface area contributed by atoms with Crippen molar-refractivity contribution >= 4 is 21.5 Å². The van der Waals surface area contributed by atoms with Crippen LogP contribution in [0.2, 0.25) is 0 Å². The SMILES string of the molecule is CCNc1ccc(S(=O)(=O)Nc2ccnn2C)cc1. The van der Waals surface area contributed by atoms with E-state index in [-0.39, 0.29) is 4.90 Å². The van der Waals surface area contributed by atoms with Crippen LogP contribution in [-0.2, 0) is 17.1 Å². The van der Waals surface area contributed by atoms with E-state index in [1.165, 1.54) is 10.9 Å². The number of nitrogens with one attached hydrogen (secondary N) is 2. The highest BCUT2D eigenvalue weighted by Gasteiger charge is 2.15. The Morgan fingerprint density at radius 2 is 1.89 bits per heavy atom. The molecule has 2 aromatic rings. The summed E-state index contributed by atoms with van der Waals surface area (Å²) in [7, 11) is -1.90. The minimum atomic E-state index is -3.58. The molecule has 2 N–H and O–H groups in total. The fraction of sp³-hybridized carbons (Fsp3) is 0.250. The van der Waals surface area contributed by atoms with E-state index in [1.54, 1.807) is 37.4 Å². The van der Waals surface area contributed by atoms with Gasteiger partial charge in [-0.1, -0.05) is 0 Å². The van der Waals surface area contributed by atoms with Gasteiger partial charge in [0.1, 0.15) is 5.82 Å². The molecule has 102 valence electrons. The van der Waals surface area contributed by atoms with E-state index in [0.717, 1.165) is 12.2 Å². The van der Waals surface area contributed by atoms with Crippen LogP contribution in [0.25, 0.3) is 0 Å². The van der Waals surface area contributed by atoms with Gasteiger partial charge in [-0.2, -0.15) is 5.10 Å². The molecule has 1 aromatic carbocycles. The van der Waals surface area contributed by atoms with Crippen molar-refractivity contribution < 1.29 is 8.42 Å². The van der Waals surface area contributed by atoms with Crippen molar-refractivity contribution in [3.05, 3.63) is 36.5 Å². The number of aromatic nitrogens is 2. The highest BCUT2D eigenvalue weighted by Crippen LogP contribution is 2.17. The van der Waals surface area contributed by atoms with Gasteiger partial charge in [0.2, 0.25) is 0 Å². The molecule has 19 heavy (non-hydrogen) atoms. The first-order chi connectivity index (χ1) is 9.03. The summed E-state index contributed by atoms with van der Waals surface area (Å²) in [5.41, 5.74) is 0.891. The lowest BCUT2D eigenvalue weighted by Gasteiger charge is -2.09. The van der Waals surface area contributed by atoms with Crippen LogP contribution in [0.5, 0.6) is 0 Å². The largest absolute Gasteiger partial charge is 0.385 e. The minimum Gasteiger partial charge on any atom is -0.385 e. The molecule has 0 aliphatic rings. The normalized spacial score (nSPS) is 11.3. The second-order valence-corrected chi connectivity index (χ2v) is 5.68. The Bertz CT molecular complexity index is 647. The lowest BCUT2D eigenvalue weighted by atomic mass is 10.3. The molecule has 0 atom stereocenters. The van der Waals surface area contributed by atoms with Gasteiger partial charge in [-0.25, -0.2) is 8.42 Å². The van der Waals surface area contributed by atoms with Gasteiger partial charge < -0.3 is 5.32 Å². The number of hydrogen-bond donors (Lipinski definition) is 2. The Morgan fingerprint density at radius 1 is 1.21 bits per heavy atom. The van der Waals surface area contributed by atoms with Crippen LogP contribution in [0.4, 0.5) is 11.5 Å². The zero-order valence-electron chi connectivity index (χ0n) is 10.8. The van der Waals surface area contributed by atoms with Crippen molar-refractivity contribution in [1.82, 2.24) is 9.78 Å². The number of hydrogen-bond acceptors (Lipinski definition) is 4. The lowest BCUT2D eigenvalue weighted by molar-refractivity contribution is 0.600. The van der Waals surface area contributed by atoms with E-state index in [1.807, 2.05) is 6.92 Å². The summed E-state index contributed by atoms with van der Waals surface area (Å²) < 4.78 is 28.2. The first kappa shape index (κ1) is 13.4. The third-order valence-electron chi connectivity index (χ3n) is 2.61. The number of benzene rings is 1. The van der Waals surface area contributed by atoms with E-state index >= 15 is 0 Å². The van der Waals surface area contributed by atoms with Gasteiger partial charge in [-0.15, -0.1) is 0 Å². The molecule has 0 amide bonds. The third kappa shape index (κ3) is 3.05. The Labute approximate surface area is 112 Å². The summed E-state index contributed by atoms with van der Waals surface area (Å²) in [6.07, 6.45) is 1.53. The van der Waals surface area contributed by atoms with Crippen molar-refractivity contribution in [2.45, 2.75) is 11.8 Å². The van der Waals surface area contributed by atoms with Crippen LogP contribution in [0.15, 0.2) is 41.4 Å². The highest BCUT2D eigenvalue weighted by molar-refractivity contribution is 7.92. The van der Waals surface area contributed by atoms with Gasteiger partial charge in [0.15, 0.2) is 0 Å². The summed E-state index contributed by atoms with van der Waals surface area (Å²) in [5.74, 6) is 0.427. The number of rotatable bonds is 5. The molecule has 0 bridgehead atoms. The van der Waals surface area contributed by atoms with E-state index in [9.17, 15) is 8.42 Å². The van der Waals surface area contributed by atoms with Gasteiger partial charge >= 0.3 is 0 Å². The molecular weight excluding hydrogens is 264 g/mol. The summed E-state index contributed by atoms with van der Waals surface area (Å²) in [5, 5.41) is 7.02. The molecule has 0 saturated carbocycles. The molecule has 1 heterocycles. The van der Waals surface area contributed by atoms with E-state index in [4.69, 9.17) is 0 Å². The van der Waals surface area contributed by atoms with Crippen LogP contribution < -0.4 is 10.0 Å². The van der Waals surface area contributed by atoms with Crippen molar-refractivity contribution in [3.8, 4) is 0 Å². The monoisotopic (exact) mass is 280 g/mol. The lowest BCUT2D eigenvalue weighted by Crippen LogP contribution is -2.15. The molecule has 0 fully saturated rings. The first-order valence-electron chi connectivity index (χ1n) is 5.87. The zero-order valence-corrected chi connectivity index (χ0v) is 11.6. The van der Waals surface area contributed by atoms with Crippen LogP contribution in [-0.4, -0.2) is 24.7 Å². The number of sulfonamides is 1. The van der Waals surface area contributed by atoms with E-state index < -0.39 is 10.0 Å². The van der Waals surface area contributed by atoms with Gasteiger partial charge in [0, 0.05) is 25.3 Å². The number of anilines is 2. The molecule has 7 heteroatoms. The van der Waals surface area contributed by atoms with Gasteiger partial charge in [-0.05, 0) is 31.2 Å². The van der Waals surface area contributed by atoms with E-state index in [0.29, 0.717) is 5.82 Å². The molecule has 0 aliphatic carbocycles. The Morgan fingerprint density at radius 3 is 2.42 bits per heavy atom. The molecule has 0 radical (unpaired) electrons. The second kappa shape index (κ2) is 5.31. The molecule has 2 rings (SSSR count). The molecule has 0 saturated heterocycles. The van der Waals surface area contributed by atoms with Crippen LogP contribution in [0, 0.1) is 0 Å². The summed E-state index contributed by atoms with van der Waals surface area (Å²) >= 11 is 0. The first-order valence-corrected chi connectivity index (χ1v) is 7.36. The predicted molar refractivity (Wildman–Crippen MR) is 74.6 cm³/mol. The maximum Gasteiger partial charge on any atom is 0.263 e. The van der Waals surface area contributed by atoms with Gasteiger partial charge in [-0.3, -0.25) is 9.40 Å². The highest BCUT2D eigenvalue weighted by atomic mass is 32.2. The van der Waals surface area contributed by atoms with Crippen molar-refractivity contribution in [2.24, 2.45) is 7.05 Å². The van der Waals surface area contributed by atoms with Crippen molar-refractivity contribution in [2.75, 3.05) is 16.6 Å². The van der Waals surface area contributed by atoms with E-state index in [2.05, 4.69) is 15.1 Å². The number of aryl methyl sites for hydroxylation is 1. The molecule has 0 unspecified atom stereocenters. The van der Waals surface area contributed by atoms with Gasteiger partial charge in [0.25, 0.3) is 10.0 Å². The smallest absolute Gasteiger partial charge is 0.263 e. The van der Waals surface area contributed by atoms with Crippen molar-refractivity contribution in [3.63, 3.8) is 0 Å². The second-order valence-electron chi connectivity index (χ2n) is 4.00. The summed E-state index contributed by atoms with van der Waals surface area (Å²) in [4.78, 5) is 0.218. The van der Waals surface area contributed by atoms with Crippen LogP contribution in [0.3, 0.4) is 0 Å². The van der Waals surface area contributed by atoms with Crippen molar-refractivity contribution in [1.29, 1.82) is 0 Å². The van der Waals surface area contributed by atoms with Crippen LogP contribution in [0.1, 0.15) is 6.92 Å². The maximum atomic E-state index is 12.1. The third-order valence-corrected chi connectivity index (χ3v) is 3.98. The minimum absolute atomic E-state index is 0.218. The fourth-order valence-electron chi connectivity index (χ4n) is 1.63. The topological polar surface area (TPSA) is 76.0 Å². The summed E-state index contributed by atoms with van der Waals surface area (Å²) in [6.45, 7) is 2.77. The molecule has 6 nitrogen and oxygen atoms in total. The Hall–Kier alpha value is -2.02. The Kier molecular flexibility index (Phi) is 3.75. The van der Waals surface area contributed by atoms with Gasteiger partial charge in [0.05, 0.1) is 11.1 Å². The fourth-order valence-corrected chi connectivity index (χ4v) is 2.71. The molecule has 0 spiro atoms.